The maximum atomic E-state index is 15.0. The highest BCUT2D eigenvalue weighted by Gasteiger charge is 2.34. The molecular weight excluding hydrogens is 391 g/mol. The molecule has 0 bridgehead atoms. The highest BCUT2D eigenvalue weighted by molar-refractivity contribution is 5.87. The van der Waals surface area contributed by atoms with E-state index in [0.29, 0.717) is 17.9 Å². The third-order valence-corrected chi connectivity index (χ3v) is 5.07. The molecule has 30 heavy (non-hydrogen) atoms. The van der Waals surface area contributed by atoms with Gasteiger partial charge in [-0.05, 0) is 38.5 Å². The Hall–Kier alpha value is -3.37. The zero-order valence-electron chi connectivity index (χ0n) is 16.7. The van der Waals surface area contributed by atoms with E-state index in [0.717, 1.165) is 16.6 Å². The summed E-state index contributed by atoms with van der Waals surface area (Å²) in [7, 11) is 0. The zero-order chi connectivity index (χ0) is 21.6. The van der Waals surface area contributed by atoms with Gasteiger partial charge in [0.05, 0.1) is 16.8 Å². The van der Waals surface area contributed by atoms with Crippen molar-refractivity contribution in [2.75, 3.05) is 18.2 Å². The Morgan fingerprint density at radius 2 is 1.97 bits per heavy atom. The molecule has 1 aromatic carbocycles. The van der Waals surface area contributed by atoms with Crippen molar-refractivity contribution in [3.8, 4) is 5.69 Å². The van der Waals surface area contributed by atoms with Crippen molar-refractivity contribution in [1.29, 1.82) is 0 Å². The summed E-state index contributed by atoms with van der Waals surface area (Å²) in [6.07, 6.45) is -1.32. The minimum atomic E-state index is -1.32. The Morgan fingerprint density at radius 3 is 2.60 bits per heavy atom. The standard InChI is InChI=1S/C20H21FN6O3/c1-4-25-16(10-28)24-27(20(25)30)18-14(21)9-13-17(22-18)12(3)23-26(19(13)29)15-8-6-5-7-11(15)2/h5-9,20,28,30H,4,10H2,1-3H3. The Labute approximate surface area is 171 Å². The number of hydrazone groups is 1. The van der Waals surface area contributed by atoms with Gasteiger partial charge in [0.1, 0.15) is 12.1 Å². The van der Waals surface area contributed by atoms with Gasteiger partial charge >= 0.3 is 0 Å². The number of para-hydroxylation sites is 1. The molecule has 0 fully saturated rings. The molecule has 4 rings (SSSR count). The van der Waals surface area contributed by atoms with E-state index in [-0.39, 0.29) is 22.6 Å². The molecule has 2 aromatic heterocycles. The van der Waals surface area contributed by atoms with Crippen LogP contribution in [0.5, 0.6) is 0 Å². The van der Waals surface area contributed by atoms with Gasteiger partial charge in [-0.1, -0.05) is 18.2 Å². The van der Waals surface area contributed by atoms with E-state index in [9.17, 15) is 19.4 Å². The lowest BCUT2D eigenvalue weighted by molar-refractivity contribution is 0.0644. The first-order chi connectivity index (χ1) is 14.4. The molecule has 2 N–H and O–H groups in total. The van der Waals surface area contributed by atoms with E-state index in [1.165, 1.54) is 9.58 Å². The van der Waals surface area contributed by atoms with E-state index in [1.54, 1.807) is 26.0 Å². The largest absolute Gasteiger partial charge is 0.388 e. The number of aromatic nitrogens is 3. The first kappa shape index (κ1) is 19.9. The summed E-state index contributed by atoms with van der Waals surface area (Å²) in [5.41, 5.74) is 1.58. The molecule has 3 aromatic rings. The van der Waals surface area contributed by atoms with Crippen molar-refractivity contribution < 1.29 is 14.6 Å². The summed E-state index contributed by atoms with van der Waals surface area (Å²) in [5, 5.41) is 29.4. The lowest BCUT2D eigenvalue weighted by Crippen LogP contribution is -2.43. The van der Waals surface area contributed by atoms with E-state index < -0.39 is 24.3 Å². The second kappa shape index (κ2) is 7.47. The molecule has 10 heteroatoms. The number of pyridine rings is 1. The Bertz CT molecular complexity index is 1230. The van der Waals surface area contributed by atoms with Crippen molar-refractivity contribution in [2.45, 2.75) is 27.1 Å². The van der Waals surface area contributed by atoms with Gasteiger partial charge in [0.15, 0.2) is 17.5 Å². The smallest absolute Gasteiger partial charge is 0.281 e. The number of hydrogen-bond acceptors (Lipinski definition) is 8. The van der Waals surface area contributed by atoms with E-state index >= 15 is 0 Å². The first-order valence-corrected chi connectivity index (χ1v) is 9.45. The van der Waals surface area contributed by atoms with Crippen LogP contribution in [0, 0.1) is 19.7 Å². The van der Waals surface area contributed by atoms with Crippen LogP contribution in [0.1, 0.15) is 18.2 Å². The van der Waals surface area contributed by atoms with Gasteiger partial charge in [-0.2, -0.15) is 19.9 Å². The number of amidine groups is 1. The van der Waals surface area contributed by atoms with Crippen LogP contribution in [-0.2, 0) is 0 Å². The number of benzene rings is 1. The van der Waals surface area contributed by atoms with Crippen LogP contribution in [0.3, 0.4) is 0 Å². The minimum absolute atomic E-state index is 0.0689. The normalized spacial score (nSPS) is 16.5. The van der Waals surface area contributed by atoms with E-state index in [1.807, 2.05) is 19.1 Å². The molecule has 156 valence electrons. The number of nitrogens with zero attached hydrogens (tertiary/aromatic N) is 6. The summed E-state index contributed by atoms with van der Waals surface area (Å²) < 4.78 is 16.2. The van der Waals surface area contributed by atoms with E-state index in [2.05, 4.69) is 15.2 Å². The lowest BCUT2D eigenvalue weighted by Gasteiger charge is -2.25. The van der Waals surface area contributed by atoms with Crippen LogP contribution in [0.2, 0.25) is 0 Å². The van der Waals surface area contributed by atoms with Crippen LogP contribution in [0.15, 0.2) is 40.2 Å². The highest BCUT2D eigenvalue weighted by atomic mass is 19.1. The predicted molar refractivity (Wildman–Crippen MR) is 110 cm³/mol. The number of halogens is 1. The Balaban J connectivity index is 1.90. The van der Waals surface area contributed by atoms with E-state index in [4.69, 9.17) is 0 Å². The van der Waals surface area contributed by atoms with Crippen LogP contribution in [-0.4, -0.2) is 55.2 Å². The van der Waals surface area contributed by atoms with Gasteiger partial charge in [-0.15, -0.1) is 0 Å². The molecule has 0 radical (unpaired) electrons. The Kier molecular flexibility index (Phi) is 4.96. The second-order valence-electron chi connectivity index (χ2n) is 6.93. The molecule has 0 spiro atoms. The minimum Gasteiger partial charge on any atom is -0.388 e. The molecule has 1 aliphatic rings. The average Bonchev–Trinajstić information content (AvgIpc) is 3.06. The summed E-state index contributed by atoms with van der Waals surface area (Å²) in [5.74, 6) is -0.884. The SMILES string of the molecule is CCN1C(CO)=NN(c2nc3c(C)nn(-c4ccccc4C)c(=O)c3cc2F)C1O. The number of hydrogen-bond donors (Lipinski definition) is 2. The molecule has 3 heterocycles. The highest BCUT2D eigenvalue weighted by Crippen LogP contribution is 2.27. The molecule has 1 unspecified atom stereocenters. The number of likely N-dealkylation sites (N-methyl/N-ethyl adjacent to an activating group) is 1. The molecule has 1 atom stereocenters. The van der Waals surface area contributed by atoms with Gasteiger partial charge in [0, 0.05) is 6.54 Å². The number of aryl methyl sites for hydroxylation is 2. The third-order valence-electron chi connectivity index (χ3n) is 5.07. The summed E-state index contributed by atoms with van der Waals surface area (Å²) in [4.78, 5) is 18.7. The fraction of sp³-hybridized carbons (Fsp3) is 0.300. The maximum Gasteiger partial charge on any atom is 0.281 e. The number of aliphatic hydroxyl groups is 2. The quantitative estimate of drug-likeness (QED) is 0.664. The topological polar surface area (TPSA) is 107 Å². The number of fused-ring (bicyclic) bond motifs is 1. The van der Waals surface area contributed by atoms with Crippen LogP contribution >= 0.6 is 0 Å². The third kappa shape index (κ3) is 3.01. The summed E-state index contributed by atoms with van der Waals surface area (Å²) in [6, 6.07) is 8.35. The zero-order valence-corrected chi connectivity index (χ0v) is 16.7. The van der Waals surface area contributed by atoms with Gasteiger partial charge < -0.3 is 15.1 Å². The van der Waals surface area contributed by atoms with Crippen LogP contribution in [0.4, 0.5) is 10.2 Å². The lowest BCUT2D eigenvalue weighted by atomic mass is 10.2. The van der Waals surface area contributed by atoms with Gasteiger partial charge in [0.25, 0.3) is 5.56 Å². The van der Waals surface area contributed by atoms with Crippen LogP contribution in [0.25, 0.3) is 16.6 Å². The maximum absolute atomic E-state index is 15.0. The number of aliphatic hydroxyl groups excluding tert-OH is 2. The molecule has 0 amide bonds. The molecular formula is C20H21FN6O3. The van der Waals surface area contributed by atoms with Crippen LogP contribution < -0.4 is 10.6 Å². The number of rotatable bonds is 4. The molecule has 0 saturated carbocycles. The van der Waals surface area contributed by atoms with Crippen molar-refractivity contribution in [2.24, 2.45) is 5.10 Å². The van der Waals surface area contributed by atoms with Gasteiger partial charge in [0.2, 0.25) is 6.35 Å². The Morgan fingerprint density at radius 1 is 1.23 bits per heavy atom. The van der Waals surface area contributed by atoms with Crippen molar-refractivity contribution in [1.82, 2.24) is 19.7 Å². The second-order valence-corrected chi connectivity index (χ2v) is 6.93. The first-order valence-electron chi connectivity index (χ1n) is 9.45. The number of anilines is 1. The summed E-state index contributed by atoms with van der Waals surface area (Å²) in [6.45, 7) is 5.23. The molecule has 0 aliphatic carbocycles. The fourth-order valence-corrected chi connectivity index (χ4v) is 3.52. The average molecular weight is 412 g/mol. The monoisotopic (exact) mass is 412 g/mol. The van der Waals surface area contributed by atoms with Crippen molar-refractivity contribution >= 4 is 22.6 Å². The van der Waals surface area contributed by atoms with Gasteiger partial charge in [-0.3, -0.25) is 4.79 Å². The molecule has 9 nitrogen and oxygen atoms in total. The molecule has 1 aliphatic heterocycles. The fourth-order valence-electron chi connectivity index (χ4n) is 3.52. The van der Waals surface area contributed by atoms with Crippen molar-refractivity contribution in [3.63, 3.8) is 0 Å². The van der Waals surface area contributed by atoms with Gasteiger partial charge in [-0.25, -0.2) is 9.37 Å². The van der Waals surface area contributed by atoms with Crippen molar-refractivity contribution in [3.05, 3.63) is 57.8 Å². The predicted octanol–water partition coefficient (Wildman–Crippen LogP) is 1.26. The molecule has 0 saturated heterocycles. The summed E-state index contributed by atoms with van der Waals surface area (Å²) >= 11 is 0.